The standard InChI is InChI=1S/C23H18FNO4/c1-13-7-9-17-22(27)16-10-8-15(11-20(16)29-23(17)14(13)2)25-21(26)12-28-19-6-4-3-5-18(19)24/h3-11H,12H2,1-2H3,(H,25,26). The number of amides is 1. The van der Waals surface area contributed by atoms with Gasteiger partial charge >= 0.3 is 0 Å². The third kappa shape index (κ3) is 3.57. The first kappa shape index (κ1) is 18.7. The van der Waals surface area contributed by atoms with Gasteiger partial charge in [-0.05, 0) is 55.3 Å². The zero-order valence-electron chi connectivity index (χ0n) is 15.9. The number of para-hydroxylation sites is 1. The molecule has 1 aromatic heterocycles. The van der Waals surface area contributed by atoms with E-state index in [0.717, 1.165) is 11.1 Å². The van der Waals surface area contributed by atoms with Crippen LogP contribution in [0.25, 0.3) is 21.9 Å². The molecule has 4 rings (SSSR count). The van der Waals surface area contributed by atoms with E-state index in [1.807, 2.05) is 19.9 Å². The van der Waals surface area contributed by atoms with Crippen LogP contribution in [0.4, 0.5) is 10.1 Å². The van der Waals surface area contributed by atoms with Gasteiger partial charge in [-0.15, -0.1) is 0 Å². The summed E-state index contributed by atoms with van der Waals surface area (Å²) in [4.78, 5) is 24.9. The van der Waals surface area contributed by atoms with Crippen LogP contribution in [0.3, 0.4) is 0 Å². The van der Waals surface area contributed by atoms with E-state index in [1.54, 1.807) is 30.3 Å². The number of hydrogen-bond donors (Lipinski definition) is 1. The molecule has 0 atom stereocenters. The molecule has 4 aromatic rings. The SMILES string of the molecule is Cc1ccc2c(=O)c3ccc(NC(=O)COc4ccccc4F)cc3oc2c1C. The number of halogens is 1. The zero-order chi connectivity index (χ0) is 20.5. The van der Waals surface area contributed by atoms with E-state index in [9.17, 15) is 14.0 Å². The molecule has 3 aromatic carbocycles. The number of ether oxygens (including phenoxy) is 1. The number of anilines is 1. The highest BCUT2D eigenvalue weighted by Crippen LogP contribution is 2.25. The Kier molecular flexibility index (Phi) is 4.76. The van der Waals surface area contributed by atoms with Crippen LogP contribution in [0.1, 0.15) is 11.1 Å². The quantitative estimate of drug-likeness (QED) is 0.511. The Bertz CT molecular complexity index is 1310. The lowest BCUT2D eigenvalue weighted by Crippen LogP contribution is -2.20. The summed E-state index contributed by atoms with van der Waals surface area (Å²) in [5, 5.41) is 3.62. The smallest absolute Gasteiger partial charge is 0.262 e. The van der Waals surface area contributed by atoms with Crippen molar-refractivity contribution < 1.29 is 18.3 Å². The van der Waals surface area contributed by atoms with Crippen LogP contribution >= 0.6 is 0 Å². The van der Waals surface area contributed by atoms with Gasteiger partial charge < -0.3 is 14.5 Å². The molecule has 5 nitrogen and oxygen atoms in total. The van der Waals surface area contributed by atoms with Gasteiger partial charge in [-0.2, -0.15) is 0 Å². The van der Waals surface area contributed by atoms with Crippen molar-refractivity contribution >= 4 is 33.5 Å². The molecule has 6 heteroatoms. The lowest BCUT2D eigenvalue weighted by molar-refractivity contribution is -0.118. The Morgan fingerprint density at radius 2 is 1.83 bits per heavy atom. The maximum absolute atomic E-state index is 13.6. The van der Waals surface area contributed by atoms with E-state index in [0.29, 0.717) is 27.6 Å². The summed E-state index contributed by atoms with van der Waals surface area (Å²) in [7, 11) is 0. The van der Waals surface area contributed by atoms with Crippen molar-refractivity contribution in [3.8, 4) is 5.75 Å². The van der Waals surface area contributed by atoms with E-state index in [-0.39, 0.29) is 17.8 Å². The largest absolute Gasteiger partial charge is 0.481 e. The maximum atomic E-state index is 13.6. The van der Waals surface area contributed by atoms with Crippen LogP contribution < -0.4 is 15.5 Å². The summed E-state index contributed by atoms with van der Waals surface area (Å²) in [6.07, 6.45) is 0. The molecule has 0 unspecified atom stereocenters. The Labute approximate surface area is 165 Å². The molecule has 0 aliphatic heterocycles. The fraction of sp³-hybridized carbons (Fsp3) is 0.130. The monoisotopic (exact) mass is 391 g/mol. The topological polar surface area (TPSA) is 68.5 Å². The highest BCUT2D eigenvalue weighted by Gasteiger charge is 2.12. The molecule has 0 fully saturated rings. The number of rotatable bonds is 4. The predicted octanol–water partition coefficient (Wildman–Crippen LogP) is 4.72. The van der Waals surface area contributed by atoms with Crippen LogP contribution in [0.5, 0.6) is 5.75 Å². The Morgan fingerprint density at radius 1 is 1.07 bits per heavy atom. The summed E-state index contributed by atoms with van der Waals surface area (Å²) in [6.45, 7) is 3.50. The van der Waals surface area contributed by atoms with Crippen molar-refractivity contribution in [2.75, 3.05) is 11.9 Å². The van der Waals surface area contributed by atoms with E-state index < -0.39 is 11.7 Å². The lowest BCUT2D eigenvalue weighted by atomic mass is 10.0. The van der Waals surface area contributed by atoms with Gasteiger partial charge in [0.05, 0.1) is 10.8 Å². The molecular weight excluding hydrogens is 373 g/mol. The molecule has 146 valence electrons. The Morgan fingerprint density at radius 3 is 2.62 bits per heavy atom. The minimum atomic E-state index is -0.537. The first-order valence-electron chi connectivity index (χ1n) is 9.08. The number of carbonyl (C=O) groups excluding carboxylic acids is 1. The molecule has 0 aliphatic carbocycles. The molecular formula is C23H18FNO4. The summed E-state index contributed by atoms with van der Waals surface area (Å²) < 4.78 is 24.7. The third-order valence-electron chi connectivity index (χ3n) is 4.84. The summed E-state index contributed by atoms with van der Waals surface area (Å²) in [6, 6.07) is 14.3. The molecule has 0 aliphatic rings. The predicted molar refractivity (Wildman–Crippen MR) is 110 cm³/mol. The van der Waals surface area contributed by atoms with Crippen LogP contribution in [-0.2, 0) is 4.79 Å². The van der Waals surface area contributed by atoms with Crippen LogP contribution in [0.15, 0.2) is 63.8 Å². The highest BCUT2D eigenvalue weighted by molar-refractivity contribution is 5.96. The summed E-state index contributed by atoms with van der Waals surface area (Å²) in [5.41, 5.74) is 3.17. The number of benzene rings is 3. The van der Waals surface area contributed by atoms with Crippen LogP contribution in [0, 0.1) is 19.7 Å². The van der Waals surface area contributed by atoms with Gasteiger partial charge in [-0.3, -0.25) is 9.59 Å². The van der Waals surface area contributed by atoms with Gasteiger partial charge in [-0.1, -0.05) is 18.2 Å². The second kappa shape index (κ2) is 7.39. The lowest BCUT2D eigenvalue weighted by Gasteiger charge is -2.10. The van der Waals surface area contributed by atoms with E-state index >= 15 is 0 Å². The number of fused-ring (bicyclic) bond motifs is 2. The molecule has 1 amide bonds. The molecule has 0 bridgehead atoms. The van der Waals surface area contributed by atoms with Gasteiger partial charge in [0.2, 0.25) is 5.43 Å². The minimum absolute atomic E-state index is 0.00414. The van der Waals surface area contributed by atoms with Crippen molar-refractivity contribution in [3.63, 3.8) is 0 Å². The molecule has 0 radical (unpaired) electrons. The molecule has 0 saturated heterocycles. The Balaban J connectivity index is 1.60. The van der Waals surface area contributed by atoms with Gasteiger partial charge in [-0.25, -0.2) is 4.39 Å². The molecule has 0 spiro atoms. The number of nitrogens with one attached hydrogen (secondary N) is 1. The average Bonchev–Trinajstić information content (AvgIpc) is 2.70. The number of carbonyl (C=O) groups is 1. The third-order valence-corrected chi connectivity index (χ3v) is 4.84. The first-order valence-corrected chi connectivity index (χ1v) is 9.08. The van der Waals surface area contributed by atoms with Crippen molar-refractivity contribution in [1.29, 1.82) is 0 Å². The minimum Gasteiger partial charge on any atom is -0.481 e. The van der Waals surface area contributed by atoms with E-state index in [1.165, 1.54) is 18.2 Å². The van der Waals surface area contributed by atoms with Crippen molar-refractivity contribution in [3.05, 3.63) is 81.8 Å². The average molecular weight is 391 g/mol. The van der Waals surface area contributed by atoms with E-state index in [2.05, 4.69) is 5.32 Å². The van der Waals surface area contributed by atoms with Crippen LogP contribution in [-0.4, -0.2) is 12.5 Å². The first-order chi connectivity index (χ1) is 13.9. The molecule has 1 N–H and O–H groups in total. The van der Waals surface area contributed by atoms with Gasteiger partial charge in [0.25, 0.3) is 5.91 Å². The van der Waals surface area contributed by atoms with Crippen molar-refractivity contribution in [2.24, 2.45) is 0 Å². The Hall–Kier alpha value is -3.67. The molecule has 0 saturated carbocycles. The van der Waals surface area contributed by atoms with Gasteiger partial charge in [0.1, 0.15) is 11.2 Å². The molecule has 29 heavy (non-hydrogen) atoms. The highest BCUT2D eigenvalue weighted by atomic mass is 19.1. The van der Waals surface area contributed by atoms with Crippen LogP contribution in [0.2, 0.25) is 0 Å². The van der Waals surface area contributed by atoms with E-state index in [4.69, 9.17) is 9.15 Å². The van der Waals surface area contributed by atoms with Gasteiger partial charge in [0.15, 0.2) is 18.2 Å². The number of hydrogen-bond acceptors (Lipinski definition) is 4. The van der Waals surface area contributed by atoms with Gasteiger partial charge in [0, 0.05) is 11.8 Å². The van der Waals surface area contributed by atoms with Crippen molar-refractivity contribution in [1.82, 2.24) is 0 Å². The fourth-order valence-electron chi connectivity index (χ4n) is 3.13. The number of aryl methyl sites for hydroxylation is 2. The second-order valence-electron chi connectivity index (χ2n) is 6.79. The van der Waals surface area contributed by atoms with Crippen molar-refractivity contribution in [2.45, 2.75) is 13.8 Å². The zero-order valence-corrected chi connectivity index (χ0v) is 15.9. The normalized spacial score (nSPS) is 11.0. The fourth-order valence-corrected chi connectivity index (χ4v) is 3.13. The second-order valence-corrected chi connectivity index (χ2v) is 6.79. The molecule has 1 heterocycles. The summed E-state index contributed by atoms with van der Waals surface area (Å²) >= 11 is 0. The summed E-state index contributed by atoms with van der Waals surface area (Å²) in [5.74, 6) is -0.988. The maximum Gasteiger partial charge on any atom is 0.262 e.